The Labute approximate surface area is 103 Å². The van der Waals surface area contributed by atoms with Crippen molar-refractivity contribution in [3.63, 3.8) is 0 Å². The third kappa shape index (κ3) is 2.99. The van der Waals surface area contributed by atoms with Gasteiger partial charge in [-0.1, -0.05) is 37.6 Å². The molecule has 0 aliphatic heterocycles. The molecule has 0 radical (unpaired) electrons. The van der Waals surface area contributed by atoms with Gasteiger partial charge in [-0.05, 0) is 49.8 Å². The second-order valence-corrected chi connectivity index (χ2v) is 5.22. The Hall–Kier alpha value is -0.530. The van der Waals surface area contributed by atoms with E-state index < -0.39 is 5.60 Å². The maximum Gasteiger partial charge on any atom is 0.0841 e. The van der Waals surface area contributed by atoms with E-state index in [-0.39, 0.29) is 0 Å². The first-order chi connectivity index (χ1) is 7.40. The molecule has 0 amide bonds. The van der Waals surface area contributed by atoms with Crippen LogP contribution >= 0.6 is 11.6 Å². The Morgan fingerprint density at radius 1 is 1.25 bits per heavy atom. The van der Waals surface area contributed by atoms with Crippen molar-refractivity contribution >= 4 is 11.6 Å². The fourth-order valence-corrected chi connectivity index (χ4v) is 2.30. The number of benzene rings is 1. The summed E-state index contributed by atoms with van der Waals surface area (Å²) in [5.74, 6) is 0.517. The monoisotopic (exact) mass is 240 g/mol. The fraction of sp³-hybridized carbons (Fsp3) is 0.571. The molecule has 0 unspecified atom stereocenters. The third-order valence-corrected chi connectivity index (χ3v) is 3.46. The Morgan fingerprint density at radius 3 is 2.19 bits per heavy atom. The highest BCUT2D eigenvalue weighted by Gasteiger charge is 2.18. The van der Waals surface area contributed by atoms with Crippen molar-refractivity contribution in [2.24, 2.45) is 0 Å². The maximum atomic E-state index is 9.90. The van der Waals surface area contributed by atoms with Crippen molar-refractivity contribution in [1.82, 2.24) is 0 Å². The molecule has 0 spiro atoms. The number of halogens is 1. The molecule has 0 aliphatic carbocycles. The van der Waals surface area contributed by atoms with E-state index in [0.29, 0.717) is 5.92 Å². The molecule has 2 heteroatoms. The van der Waals surface area contributed by atoms with Crippen LogP contribution < -0.4 is 0 Å². The SMILES string of the molecule is CCC(CC)c1ccc(C(C)(C)O)cc1Cl. The molecule has 16 heavy (non-hydrogen) atoms. The summed E-state index contributed by atoms with van der Waals surface area (Å²) in [5.41, 5.74) is 1.24. The fourth-order valence-electron chi connectivity index (χ4n) is 1.97. The molecule has 0 fully saturated rings. The molecule has 1 rings (SSSR count). The minimum Gasteiger partial charge on any atom is -0.386 e. The summed E-state index contributed by atoms with van der Waals surface area (Å²) in [4.78, 5) is 0. The summed E-state index contributed by atoms with van der Waals surface area (Å²) in [6.07, 6.45) is 2.19. The minimum absolute atomic E-state index is 0.517. The molecule has 0 aromatic heterocycles. The van der Waals surface area contributed by atoms with Crippen molar-refractivity contribution in [2.75, 3.05) is 0 Å². The van der Waals surface area contributed by atoms with Crippen LogP contribution in [-0.2, 0) is 5.60 Å². The first-order valence-electron chi connectivity index (χ1n) is 5.92. The van der Waals surface area contributed by atoms with Crippen LogP contribution in [0.2, 0.25) is 5.02 Å². The number of hydrogen-bond donors (Lipinski definition) is 1. The standard InChI is InChI=1S/C14H21ClO/c1-5-10(6-2)12-8-7-11(9-13(12)15)14(3,4)16/h7-10,16H,5-6H2,1-4H3. The molecular formula is C14H21ClO. The van der Waals surface area contributed by atoms with Crippen LogP contribution in [0.25, 0.3) is 0 Å². The van der Waals surface area contributed by atoms with Crippen LogP contribution in [0, 0.1) is 0 Å². The first-order valence-corrected chi connectivity index (χ1v) is 6.30. The molecule has 1 aromatic rings. The van der Waals surface area contributed by atoms with E-state index in [1.54, 1.807) is 13.8 Å². The average molecular weight is 241 g/mol. The Kier molecular flexibility index (Phi) is 4.40. The highest BCUT2D eigenvalue weighted by Crippen LogP contribution is 2.32. The van der Waals surface area contributed by atoms with Crippen LogP contribution in [0.15, 0.2) is 18.2 Å². The van der Waals surface area contributed by atoms with Gasteiger partial charge in [0.1, 0.15) is 0 Å². The van der Waals surface area contributed by atoms with E-state index in [2.05, 4.69) is 13.8 Å². The third-order valence-electron chi connectivity index (χ3n) is 3.13. The van der Waals surface area contributed by atoms with Crippen molar-refractivity contribution in [3.8, 4) is 0 Å². The van der Waals surface area contributed by atoms with Gasteiger partial charge in [0.05, 0.1) is 5.60 Å². The summed E-state index contributed by atoms with van der Waals surface area (Å²) >= 11 is 6.28. The van der Waals surface area contributed by atoms with Gasteiger partial charge in [0.2, 0.25) is 0 Å². The topological polar surface area (TPSA) is 20.2 Å². The van der Waals surface area contributed by atoms with E-state index >= 15 is 0 Å². The van der Waals surface area contributed by atoms with E-state index in [4.69, 9.17) is 11.6 Å². The van der Waals surface area contributed by atoms with Gasteiger partial charge in [0.15, 0.2) is 0 Å². The van der Waals surface area contributed by atoms with Crippen LogP contribution in [-0.4, -0.2) is 5.11 Å². The molecule has 1 N–H and O–H groups in total. The van der Waals surface area contributed by atoms with Crippen molar-refractivity contribution in [3.05, 3.63) is 34.3 Å². The summed E-state index contributed by atoms with van der Waals surface area (Å²) in [6.45, 7) is 7.90. The predicted molar refractivity (Wildman–Crippen MR) is 70.0 cm³/mol. The summed E-state index contributed by atoms with van der Waals surface area (Å²) in [6, 6.07) is 5.90. The van der Waals surface area contributed by atoms with Crippen LogP contribution in [0.1, 0.15) is 57.6 Å². The van der Waals surface area contributed by atoms with Crippen LogP contribution in [0.4, 0.5) is 0 Å². The number of aliphatic hydroxyl groups is 1. The molecule has 1 aromatic carbocycles. The highest BCUT2D eigenvalue weighted by molar-refractivity contribution is 6.31. The van der Waals surface area contributed by atoms with Crippen LogP contribution in [0.3, 0.4) is 0 Å². The molecule has 0 bridgehead atoms. The maximum absolute atomic E-state index is 9.90. The van der Waals surface area contributed by atoms with Gasteiger partial charge in [-0.15, -0.1) is 0 Å². The molecule has 0 atom stereocenters. The zero-order chi connectivity index (χ0) is 12.3. The molecule has 0 aliphatic rings. The smallest absolute Gasteiger partial charge is 0.0841 e. The van der Waals surface area contributed by atoms with Gasteiger partial charge in [0.25, 0.3) is 0 Å². The lowest BCUT2D eigenvalue weighted by Gasteiger charge is -2.21. The largest absolute Gasteiger partial charge is 0.386 e. The summed E-state index contributed by atoms with van der Waals surface area (Å²) in [5, 5.41) is 10.7. The lowest BCUT2D eigenvalue weighted by atomic mass is 9.90. The van der Waals surface area contributed by atoms with E-state index in [9.17, 15) is 5.11 Å². The van der Waals surface area contributed by atoms with E-state index in [1.165, 1.54) is 5.56 Å². The highest BCUT2D eigenvalue weighted by atomic mass is 35.5. The number of rotatable bonds is 4. The molecule has 0 saturated carbocycles. The molecule has 1 nitrogen and oxygen atoms in total. The molecule has 0 saturated heterocycles. The van der Waals surface area contributed by atoms with Gasteiger partial charge < -0.3 is 5.11 Å². The van der Waals surface area contributed by atoms with E-state index in [0.717, 1.165) is 23.4 Å². The van der Waals surface area contributed by atoms with Crippen LogP contribution in [0.5, 0.6) is 0 Å². The summed E-state index contributed by atoms with van der Waals surface area (Å²) in [7, 11) is 0. The number of hydrogen-bond acceptors (Lipinski definition) is 1. The second kappa shape index (κ2) is 5.20. The zero-order valence-corrected chi connectivity index (χ0v) is 11.3. The van der Waals surface area contributed by atoms with Gasteiger partial charge in [-0.25, -0.2) is 0 Å². The van der Waals surface area contributed by atoms with E-state index in [1.807, 2.05) is 18.2 Å². The minimum atomic E-state index is -0.823. The normalized spacial score (nSPS) is 12.2. The van der Waals surface area contributed by atoms with Crippen molar-refractivity contribution < 1.29 is 5.11 Å². The van der Waals surface area contributed by atoms with Gasteiger partial charge in [-0.3, -0.25) is 0 Å². The Morgan fingerprint density at radius 2 is 1.81 bits per heavy atom. The molecule has 90 valence electrons. The molecule has 0 heterocycles. The van der Waals surface area contributed by atoms with Gasteiger partial charge in [-0.2, -0.15) is 0 Å². The predicted octanol–water partition coefficient (Wildman–Crippen LogP) is 4.47. The summed E-state index contributed by atoms with van der Waals surface area (Å²) < 4.78 is 0. The lowest BCUT2D eigenvalue weighted by Crippen LogP contribution is -2.15. The van der Waals surface area contributed by atoms with Crippen molar-refractivity contribution in [2.45, 2.75) is 52.1 Å². The molecular weight excluding hydrogens is 220 g/mol. The Bertz CT molecular complexity index is 348. The first kappa shape index (κ1) is 13.5. The zero-order valence-electron chi connectivity index (χ0n) is 10.5. The quantitative estimate of drug-likeness (QED) is 0.823. The average Bonchev–Trinajstić information content (AvgIpc) is 2.20. The lowest BCUT2D eigenvalue weighted by molar-refractivity contribution is 0.0786. The van der Waals surface area contributed by atoms with Gasteiger partial charge in [0, 0.05) is 5.02 Å². The van der Waals surface area contributed by atoms with Gasteiger partial charge >= 0.3 is 0 Å². The Balaban J connectivity index is 3.09. The second-order valence-electron chi connectivity index (χ2n) is 4.81. The van der Waals surface area contributed by atoms with Crippen molar-refractivity contribution in [1.29, 1.82) is 0 Å².